The van der Waals surface area contributed by atoms with Gasteiger partial charge in [-0.15, -0.1) is 0 Å². The Bertz CT molecular complexity index is 451. The topological polar surface area (TPSA) is 73.8 Å². The molecule has 0 atom stereocenters. The van der Waals surface area contributed by atoms with Crippen molar-refractivity contribution < 1.29 is 21.6 Å². The summed E-state index contributed by atoms with van der Waals surface area (Å²) in [6.45, 7) is 3.03. The zero-order chi connectivity index (χ0) is 15.9. The van der Waals surface area contributed by atoms with E-state index in [1.807, 2.05) is 0 Å². The van der Waals surface area contributed by atoms with Crippen molar-refractivity contribution >= 4 is 16.0 Å². The predicted octanol–water partition coefficient (Wildman–Crippen LogP) is 0.529. The van der Waals surface area contributed by atoms with E-state index in [-0.39, 0.29) is 24.8 Å². The largest absolute Gasteiger partial charge is 0.390 e. The minimum atomic E-state index is -4.23. The summed E-state index contributed by atoms with van der Waals surface area (Å²) >= 11 is 0. The summed E-state index contributed by atoms with van der Waals surface area (Å²) < 4.78 is 60.7. The lowest BCUT2D eigenvalue weighted by Crippen LogP contribution is -2.42. The van der Waals surface area contributed by atoms with E-state index in [1.54, 1.807) is 6.92 Å². The van der Waals surface area contributed by atoms with E-state index in [0.717, 1.165) is 0 Å². The number of guanidine groups is 1. The number of halogens is 3. The van der Waals surface area contributed by atoms with E-state index in [2.05, 4.69) is 15.6 Å². The average molecular weight is 330 g/mol. The Morgan fingerprint density at radius 1 is 1.33 bits per heavy atom. The first-order valence-electron chi connectivity index (χ1n) is 6.81. The van der Waals surface area contributed by atoms with Crippen LogP contribution in [0.2, 0.25) is 0 Å². The van der Waals surface area contributed by atoms with Crippen LogP contribution in [0.1, 0.15) is 19.8 Å². The third-order valence-electron chi connectivity index (χ3n) is 2.87. The molecular formula is C11H21F3N4O2S. The van der Waals surface area contributed by atoms with Gasteiger partial charge < -0.3 is 10.6 Å². The number of hydrogen-bond donors (Lipinski definition) is 2. The van der Waals surface area contributed by atoms with Crippen molar-refractivity contribution in [3.63, 3.8) is 0 Å². The van der Waals surface area contributed by atoms with Crippen LogP contribution in [-0.2, 0) is 10.0 Å². The number of sulfonamides is 1. The lowest BCUT2D eigenvalue weighted by atomic mass is 10.4. The summed E-state index contributed by atoms with van der Waals surface area (Å²) in [6, 6.07) is 0. The van der Waals surface area contributed by atoms with Gasteiger partial charge in [0, 0.05) is 26.2 Å². The Labute approximate surface area is 122 Å². The van der Waals surface area contributed by atoms with Gasteiger partial charge in [-0.25, -0.2) is 12.7 Å². The quantitative estimate of drug-likeness (QED) is 0.550. The van der Waals surface area contributed by atoms with Gasteiger partial charge in [0.2, 0.25) is 10.0 Å². The SMILES string of the molecule is CCNC(=NCCC(F)(F)F)NCCN1CCCS1(=O)=O. The summed E-state index contributed by atoms with van der Waals surface area (Å²) in [4.78, 5) is 3.81. The van der Waals surface area contributed by atoms with E-state index in [1.165, 1.54) is 4.31 Å². The maximum atomic E-state index is 12.1. The number of rotatable bonds is 6. The summed E-state index contributed by atoms with van der Waals surface area (Å²) in [7, 11) is -3.15. The molecule has 0 saturated carbocycles. The highest BCUT2D eigenvalue weighted by molar-refractivity contribution is 7.89. The summed E-state index contributed by atoms with van der Waals surface area (Å²) in [6.07, 6.45) is -4.60. The Morgan fingerprint density at radius 3 is 2.57 bits per heavy atom. The molecule has 1 heterocycles. The number of hydrogen-bond acceptors (Lipinski definition) is 3. The second-order valence-corrected chi connectivity index (χ2v) is 6.71. The highest BCUT2D eigenvalue weighted by atomic mass is 32.2. The van der Waals surface area contributed by atoms with Gasteiger partial charge in [0.25, 0.3) is 0 Å². The molecule has 0 aromatic carbocycles. The number of aliphatic imine (C=N–C) groups is 1. The van der Waals surface area contributed by atoms with Gasteiger partial charge in [0.05, 0.1) is 18.7 Å². The lowest BCUT2D eigenvalue weighted by Gasteiger charge is -2.16. The van der Waals surface area contributed by atoms with Crippen LogP contribution >= 0.6 is 0 Å². The van der Waals surface area contributed by atoms with Crippen LogP contribution in [0, 0.1) is 0 Å². The van der Waals surface area contributed by atoms with Gasteiger partial charge in [-0.3, -0.25) is 4.99 Å². The van der Waals surface area contributed by atoms with Crippen LogP contribution < -0.4 is 10.6 Å². The van der Waals surface area contributed by atoms with Gasteiger partial charge >= 0.3 is 6.18 Å². The fourth-order valence-corrected chi connectivity index (χ4v) is 3.41. The van der Waals surface area contributed by atoms with Crippen LogP contribution in [0.5, 0.6) is 0 Å². The Kier molecular flexibility index (Phi) is 6.72. The van der Waals surface area contributed by atoms with Crippen LogP contribution in [0.15, 0.2) is 4.99 Å². The molecular weight excluding hydrogens is 309 g/mol. The van der Waals surface area contributed by atoms with Gasteiger partial charge in [-0.2, -0.15) is 13.2 Å². The number of nitrogens with one attached hydrogen (secondary N) is 2. The lowest BCUT2D eigenvalue weighted by molar-refractivity contribution is -0.132. The average Bonchev–Trinajstić information content (AvgIpc) is 2.67. The molecule has 0 bridgehead atoms. The third-order valence-corrected chi connectivity index (χ3v) is 4.82. The fourth-order valence-electron chi connectivity index (χ4n) is 1.88. The van der Waals surface area contributed by atoms with Gasteiger partial charge in [0.1, 0.15) is 0 Å². The Hall–Kier alpha value is -1.03. The van der Waals surface area contributed by atoms with Gasteiger partial charge in [-0.1, -0.05) is 0 Å². The van der Waals surface area contributed by atoms with Crippen LogP contribution in [0.25, 0.3) is 0 Å². The number of alkyl halides is 3. The molecule has 10 heteroatoms. The second-order valence-electron chi connectivity index (χ2n) is 4.62. The first kappa shape index (κ1) is 18.0. The molecule has 124 valence electrons. The second kappa shape index (κ2) is 7.83. The normalized spacial score (nSPS) is 19.7. The maximum absolute atomic E-state index is 12.1. The third kappa shape index (κ3) is 6.98. The molecule has 0 amide bonds. The highest BCUT2D eigenvalue weighted by Crippen LogP contribution is 2.18. The molecule has 1 saturated heterocycles. The predicted molar refractivity (Wildman–Crippen MR) is 74.6 cm³/mol. The molecule has 0 aromatic heterocycles. The molecule has 1 aliphatic rings. The fraction of sp³-hybridized carbons (Fsp3) is 0.909. The van der Waals surface area contributed by atoms with E-state index < -0.39 is 22.6 Å². The summed E-state index contributed by atoms with van der Waals surface area (Å²) in [5.74, 6) is 0.422. The molecule has 1 fully saturated rings. The molecule has 0 radical (unpaired) electrons. The van der Waals surface area contributed by atoms with E-state index in [9.17, 15) is 21.6 Å². The maximum Gasteiger partial charge on any atom is 0.390 e. The number of nitrogens with zero attached hydrogens (tertiary/aromatic N) is 2. The minimum Gasteiger partial charge on any atom is -0.357 e. The summed E-state index contributed by atoms with van der Waals surface area (Å²) in [5.41, 5.74) is 0. The van der Waals surface area contributed by atoms with Crippen molar-refractivity contribution in [3.8, 4) is 0 Å². The molecule has 21 heavy (non-hydrogen) atoms. The molecule has 1 aliphatic heterocycles. The van der Waals surface area contributed by atoms with Gasteiger partial charge in [-0.05, 0) is 13.3 Å². The molecule has 2 N–H and O–H groups in total. The smallest absolute Gasteiger partial charge is 0.357 e. The summed E-state index contributed by atoms with van der Waals surface area (Å²) in [5, 5.41) is 5.66. The zero-order valence-corrected chi connectivity index (χ0v) is 12.7. The van der Waals surface area contributed by atoms with Crippen LogP contribution in [-0.4, -0.2) is 63.3 Å². The molecule has 0 aromatic rings. The van der Waals surface area contributed by atoms with Crippen molar-refractivity contribution in [2.45, 2.75) is 25.9 Å². The standard InChI is InChI=1S/C11H21F3N4O2S/c1-2-15-10(16-5-4-11(12,13)14)17-6-8-18-7-3-9-21(18,19)20/h2-9H2,1H3,(H2,15,16,17). The molecule has 1 rings (SSSR count). The van der Waals surface area contributed by atoms with E-state index in [4.69, 9.17) is 0 Å². The van der Waals surface area contributed by atoms with Gasteiger partial charge in [0.15, 0.2) is 5.96 Å². The zero-order valence-electron chi connectivity index (χ0n) is 11.9. The van der Waals surface area contributed by atoms with Crippen molar-refractivity contribution in [1.82, 2.24) is 14.9 Å². The van der Waals surface area contributed by atoms with Crippen LogP contribution in [0.3, 0.4) is 0 Å². The molecule has 0 aliphatic carbocycles. The first-order valence-corrected chi connectivity index (χ1v) is 8.42. The minimum absolute atomic E-state index is 0.159. The Morgan fingerprint density at radius 2 is 2.05 bits per heavy atom. The highest BCUT2D eigenvalue weighted by Gasteiger charge is 2.27. The molecule has 0 unspecified atom stereocenters. The van der Waals surface area contributed by atoms with E-state index >= 15 is 0 Å². The first-order chi connectivity index (χ1) is 9.74. The van der Waals surface area contributed by atoms with Crippen molar-refractivity contribution in [2.75, 3.05) is 38.5 Å². The van der Waals surface area contributed by atoms with Crippen molar-refractivity contribution in [2.24, 2.45) is 4.99 Å². The van der Waals surface area contributed by atoms with Crippen molar-refractivity contribution in [1.29, 1.82) is 0 Å². The van der Waals surface area contributed by atoms with Crippen LogP contribution in [0.4, 0.5) is 13.2 Å². The molecule has 0 spiro atoms. The van der Waals surface area contributed by atoms with E-state index in [0.29, 0.717) is 26.1 Å². The molecule has 6 nitrogen and oxygen atoms in total. The Balaban J connectivity index is 2.39. The monoisotopic (exact) mass is 330 g/mol. The van der Waals surface area contributed by atoms with Crippen molar-refractivity contribution in [3.05, 3.63) is 0 Å².